The molecule has 8 heteroatoms. The first-order valence-electron chi connectivity index (χ1n) is 6.63. The van der Waals surface area contributed by atoms with Crippen molar-refractivity contribution in [3.05, 3.63) is 52.4 Å². The molecule has 0 unspecified atom stereocenters. The number of hydrogen-bond acceptors (Lipinski definition) is 6. The fraction of sp³-hybridized carbons (Fsp3) is 0.200. The van der Waals surface area contributed by atoms with Crippen molar-refractivity contribution in [3.63, 3.8) is 0 Å². The number of carboxylic acids is 1. The molecule has 0 atom stereocenters. The molecule has 23 heavy (non-hydrogen) atoms. The normalized spacial score (nSPS) is 10.3. The van der Waals surface area contributed by atoms with Gasteiger partial charge in [-0.1, -0.05) is 23.9 Å². The number of carboxylic acid groups (broad SMARTS) is 1. The summed E-state index contributed by atoms with van der Waals surface area (Å²) in [5.74, 6) is -0.454. The van der Waals surface area contributed by atoms with Crippen LogP contribution < -0.4 is 10.3 Å². The molecule has 7 nitrogen and oxygen atoms in total. The standard InChI is InChI=1S/C15H14N2O5S/c1-10(18)22-12-4-2-11(3-5-12)9-23-15-16-13(19)6-7-17(15)8-14(20)21/h2-7H,8-9H2,1H3,(H,20,21). The zero-order chi connectivity index (χ0) is 16.8. The first-order valence-corrected chi connectivity index (χ1v) is 7.62. The van der Waals surface area contributed by atoms with E-state index in [4.69, 9.17) is 9.84 Å². The van der Waals surface area contributed by atoms with Crippen molar-refractivity contribution >= 4 is 23.7 Å². The molecule has 0 saturated carbocycles. The summed E-state index contributed by atoms with van der Waals surface area (Å²) in [5, 5.41) is 9.21. The summed E-state index contributed by atoms with van der Waals surface area (Å²) in [6.45, 7) is 1.06. The van der Waals surface area contributed by atoms with Crippen molar-refractivity contribution in [1.29, 1.82) is 0 Å². The van der Waals surface area contributed by atoms with Gasteiger partial charge in [0.2, 0.25) is 0 Å². The number of aromatic nitrogens is 2. The molecule has 0 amide bonds. The third kappa shape index (κ3) is 5.26. The van der Waals surface area contributed by atoms with E-state index in [0.717, 1.165) is 5.56 Å². The van der Waals surface area contributed by atoms with Gasteiger partial charge in [0.15, 0.2) is 5.16 Å². The Morgan fingerprint density at radius 2 is 1.96 bits per heavy atom. The third-order valence-electron chi connectivity index (χ3n) is 2.71. The lowest BCUT2D eigenvalue weighted by Crippen LogP contribution is -2.17. The quantitative estimate of drug-likeness (QED) is 0.370. The number of benzene rings is 1. The van der Waals surface area contributed by atoms with E-state index < -0.39 is 17.5 Å². The predicted octanol–water partition coefficient (Wildman–Crippen LogP) is 1.55. The summed E-state index contributed by atoms with van der Waals surface area (Å²) in [4.78, 5) is 36.9. The molecule has 0 spiro atoms. The number of hydrogen-bond donors (Lipinski definition) is 1. The minimum absolute atomic E-state index is 0.263. The summed E-state index contributed by atoms with van der Waals surface area (Å²) >= 11 is 1.26. The van der Waals surface area contributed by atoms with Crippen molar-refractivity contribution in [3.8, 4) is 5.75 Å². The highest BCUT2D eigenvalue weighted by Gasteiger charge is 2.08. The van der Waals surface area contributed by atoms with E-state index in [1.165, 1.54) is 35.5 Å². The van der Waals surface area contributed by atoms with Gasteiger partial charge in [-0.3, -0.25) is 14.4 Å². The van der Waals surface area contributed by atoms with Gasteiger partial charge in [-0.15, -0.1) is 0 Å². The minimum Gasteiger partial charge on any atom is -0.480 e. The molecule has 0 saturated heterocycles. The maximum Gasteiger partial charge on any atom is 0.323 e. The van der Waals surface area contributed by atoms with Crippen molar-refractivity contribution in [1.82, 2.24) is 9.55 Å². The van der Waals surface area contributed by atoms with Gasteiger partial charge in [-0.2, -0.15) is 4.98 Å². The second-order valence-corrected chi connectivity index (χ2v) is 5.54. The fourth-order valence-corrected chi connectivity index (χ4v) is 2.70. The van der Waals surface area contributed by atoms with Crippen molar-refractivity contribution < 1.29 is 19.4 Å². The lowest BCUT2D eigenvalue weighted by molar-refractivity contribution is -0.138. The Labute approximate surface area is 135 Å². The maximum atomic E-state index is 11.4. The molecule has 0 aliphatic heterocycles. The smallest absolute Gasteiger partial charge is 0.323 e. The molecule has 1 N–H and O–H groups in total. The number of thioether (sulfide) groups is 1. The van der Waals surface area contributed by atoms with Crippen LogP contribution in [0.4, 0.5) is 0 Å². The van der Waals surface area contributed by atoms with Crippen LogP contribution in [0.25, 0.3) is 0 Å². The lowest BCUT2D eigenvalue weighted by Gasteiger charge is -2.09. The van der Waals surface area contributed by atoms with Gasteiger partial charge in [0.1, 0.15) is 12.3 Å². The van der Waals surface area contributed by atoms with Gasteiger partial charge in [-0.05, 0) is 17.7 Å². The second kappa shape index (κ2) is 7.59. The number of aliphatic carboxylic acids is 1. The Morgan fingerprint density at radius 1 is 1.26 bits per heavy atom. The Kier molecular flexibility index (Phi) is 5.53. The van der Waals surface area contributed by atoms with Crippen LogP contribution in [-0.2, 0) is 21.9 Å². The molecule has 1 aromatic heterocycles. The summed E-state index contributed by atoms with van der Waals surface area (Å²) in [5.41, 5.74) is 0.505. The van der Waals surface area contributed by atoms with Crippen molar-refractivity contribution in [2.24, 2.45) is 0 Å². The van der Waals surface area contributed by atoms with E-state index in [-0.39, 0.29) is 6.54 Å². The van der Waals surface area contributed by atoms with Crippen LogP contribution in [-0.4, -0.2) is 26.6 Å². The fourth-order valence-electron chi connectivity index (χ4n) is 1.76. The number of carbonyl (C=O) groups is 2. The SMILES string of the molecule is CC(=O)Oc1ccc(CSc2nc(=O)ccn2CC(=O)O)cc1. The highest BCUT2D eigenvalue weighted by molar-refractivity contribution is 7.98. The molecule has 2 aromatic rings. The van der Waals surface area contributed by atoms with Crippen LogP contribution in [0.3, 0.4) is 0 Å². The van der Waals surface area contributed by atoms with Crippen LogP contribution in [0.2, 0.25) is 0 Å². The summed E-state index contributed by atoms with van der Waals surface area (Å²) in [6, 6.07) is 8.13. The van der Waals surface area contributed by atoms with E-state index >= 15 is 0 Å². The first kappa shape index (κ1) is 16.8. The number of nitrogens with zero attached hydrogens (tertiary/aromatic N) is 2. The maximum absolute atomic E-state index is 11.4. The topological polar surface area (TPSA) is 98.5 Å². The average Bonchev–Trinajstić information content (AvgIpc) is 2.48. The summed E-state index contributed by atoms with van der Waals surface area (Å²) < 4.78 is 6.35. The Morgan fingerprint density at radius 3 is 2.57 bits per heavy atom. The van der Waals surface area contributed by atoms with E-state index in [0.29, 0.717) is 16.7 Å². The number of carbonyl (C=O) groups excluding carboxylic acids is 1. The summed E-state index contributed by atoms with van der Waals surface area (Å²) in [6.07, 6.45) is 1.41. The van der Waals surface area contributed by atoms with E-state index in [9.17, 15) is 14.4 Å². The first-order chi connectivity index (χ1) is 10.9. The van der Waals surface area contributed by atoms with Gasteiger partial charge in [0.05, 0.1) is 0 Å². The molecule has 0 aliphatic rings. The summed E-state index contributed by atoms with van der Waals surface area (Å²) in [7, 11) is 0. The highest BCUT2D eigenvalue weighted by atomic mass is 32.2. The molecule has 0 aliphatic carbocycles. The molecular formula is C15H14N2O5S. The zero-order valence-corrected chi connectivity index (χ0v) is 13.1. The molecule has 0 bridgehead atoms. The number of ether oxygens (including phenoxy) is 1. The molecule has 120 valence electrons. The van der Waals surface area contributed by atoms with Gasteiger partial charge in [0, 0.05) is 24.9 Å². The van der Waals surface area contributed by atoms with Crippen molar-refractivity contribution in [2.45, 2.75) is 24.4 Å². The largest absolute Gasteiger partial charge is 0.480 e. The second-order valence-electron chi connectivity index (χ2n) is 4.60. The molecule has 1 aromatic carbocycles. The monoisotopic (exact) mass is 334 g/mol. The lowest BCUT2D eigenvalue weighted by atomic mass is 10.2. The molecule has 0 fully saturated rings. The minimum atomic E-state index is -1.01. The van der Waals surface area contributed by atoms with Gasteiger partial charge < -0.3 is 14.4 Å². The van der Waals surface area contributed by atoms with Crippen molar-refractivity contribution in [2.75, 3.05) is 0 Å². The molecular weight excluding hydrogens is 320 g/mol. The number of rotatable bonds is 6. The van der Waals surface area contributed by atoms with Gasteiger partial charge in [-0.25, -0.2) is 0 Å². The third-order valence-corrected chi connectivity index (χ3v) is 3.77. The van der Waals surface area contributed by atoms with Crippen LogP contribution in [0.5, 0.6) is 5.75 Å². The van der Waals surface area contributed by atoms with Gasteiger partial charge >= 0.3 is 11.9 Å². The van der Waals surface area contributed by atoms with Gasteiger partial charge in [0.25, 0.3) is 5.56 Å². The Balaban J connectivity index is 2.08. The zero-order valence-electron chi connectivity index (χ0n) is 12.3. The van der Waals surface area contributed by atoms with E-state index in [1.54, 1.807) is 24.3 Å². The Bertz CT molecular complexity index is 770. The molecule has 2 rings (SSSR count). The van der Waals surface area contributed by atoms with E-state index in [2.05, 4.69) is 4.98 Å². The van der Waals surface area contributed by atoms with E-state index in [1.807, 2.05) is 0 Å². The number of esters is 1. The van der Waals surface area contributed by atoms with Crippen LogP contribution >= 0.6 is 11.8 Å². The van der Waals surface area contributed by atoms with Crippen LogP contribution in [0.1, 0.15) is 12.5 Å². The molecule has 0 radical (unpaired) electrons. The predicted molar refractivity (Wildman–Crippen MR) is 83.4 cm³/mol. The average molecular weight is 334 g/mol. The Hall–Kier alpha value is -2.61. The van der Waals surface area contributed by atoms with Crippen LogP contribution in [0, 0.1) is 0 Å². The van der Waals surface area contributed by atoms with Crippen LogP contribution in [0.15, 0.2) is 46.5 Å². The highest BCUT2D eigenvalue weighted by Crippen LogP contribution is 2.21. The molecule has 1 heterocycles.